The third-order valence-electron chi connectivity index (χ3n) is 2.93. The second-order valence-corrected chi connectivity index (χ2v) is 6.95. The van der Waals surface area contributed by atoms with E-state index in [1.165, 1.54) is 12.1 Å². The van der Waals surface area contributed by atoms with E-state index in [4.69, 9.17) is 5.14 Å². The minimum Gasteiger partial charge on any atom is -0.290 e. The molecule has 0 fully saturated rings. The Morgan fingerprint density at radius 2 is 2.21 bits per heavy atom. The summed E-state index contributed by atoms with van der Waals surface area (Å²) < 4.78 is 24.5. The van der Waals surface area contributed by atoms with Crippen LogP contribution < -0.4 is 9.97 Å². The van der Waals surface area contributed by atoms with Gasteiger partial charge in [0, 0.05) is 0 Å². The maximum Gasteiger partial charge on any atom is 0.238 e. The number of hydrogen-bond acceptors (Lipinski definition) is 6. The quantitative estimate of drug-likeness (QED) is 0.782. The average molecular weight is 299 g/mol. The number of nitrogens with zero attached hydrogens (tertiary/aromatic N) is 3. The Balaban J connectivity index is 2.19. The van der Waals surface area contributed by atoms with Gasteiger partial charge in [-0.25, -0.2) is 23.2 Å². The molecular formula is C10H13N5O2S2. The van der Waals surface area contributed by atoms with Gasteiger partial charge in [-0.2, -0.15) is 0 Å². The molecule has 0 amide bonds. The second-order valence-electron chi connectivity index (χ2n) is 4.53. The van der Waals surface area contributed by atoms with Gasteiger partial charge in [0.25, 0.3) is 0 Å². The van der Waals surface area contributed by atoms with Crippen LogP contribution in [0.4, 0.5) is 0 Å². The zero-order chi connectivity index (χ0) is 13.8. The Kier molecular flexibility index (Phi) is 2.75. The van der Waals surface area contributed by atoms with Crippen molar-refractivity contribution in [1.29, 1.82) is 0 Å². The molecule has 0 saturated carbocycles. The molecule has 0 radical (unpaired) electrons. The molecule has 1 unspecified atom stereocenters. The molecule has 0 saturated heterocycles. The second kappa shape index (κ2) is 4.10. The summed E-state index contributed by atoms with van der Waals surface area (Å²) >= 11 is 1.54. The molecule has 1 atom stereocenters. The predicted molar refractivity (Wildman–Crippen MR) is 74.5 cm³/mol. The van der Waals surface area contributed by atoms with Gasteiger partial charge < -0.3 is 0 Å². The zero-order valence-corrected chi connectivity index (χ0v) is 12.0. The number of rotatable bonds is 2. The van der Waals surface area contributed by atoms with Gasteiger partial charge in [-0.15, -0.1) is 0 Å². The van der Waals surface area contributed by atoms with E-state index in [9.17, 15) is 8.42 Å². The summed E-state index contributed by atoms with van der Waals surface area (Å²) in [6.45, 7) is 0. The van der Waals surface area contributed by atoms with Gasteiger partial charge in [-0.3, -0.25) is 9.73 Å². The topological polar surface area (TPSA) is 93.2 Å². The highest BCUT2D eigenvalue weighted by Crippen LogP contribution is 2.36. The van der Waals surface area contributed by atoms with Crippen molar-refractivity contribution in [2.45, 2.75) is 10.3 Å². The normalized spacial score (nSPS) is 18.8. The number of nitrogens with one attached hydrogen (secondary N) is 1. The lowest BCUT2D eigenvalue weighted by Gasteiger charge is -2.14. The lowest BCUT2D eigenvalue weighted by Crippen LogP contribution is -2.15. The van der Waals surface area contributed by atoms with Crippen molar-refractivity contribution in [2.75, 3.05) is 18.9 Å². The van der Waals surface area contributed by atoms with E-state index in [0.29, 0.717) is 5.52 Å². The van der Waals surface area contributed by atoms with Crippen molar-refractivity contribution in [3.05, 3.63) is 24.0 Å². The first kappa shape index (κ1) is 12.7. The van der Waals surface area contributed by atoms with Crippen molar-refractivity contribution in [1.82, 2.24) is 14.6 Å². The standard InChI is InChI=1S/C10H13N5O2S2/c1-14(2)10-9-12-7-5-6(19(11,16)17)3-4-8(7)15(9)13-18-10/h3-5,10,13H,1-2H3,(H2,11,16,17). The maximum atomic E-state index is 11.3. The Hall–Kier alpha value is -1.29. The minimum absolute atomic E-state index is 0.0748. The van der Waals surface area contributed by atoms with Gasteiger partial charge in [0.1, 0.15) is 5.37 Å². The first-order valence-electron chi connectivity index (χ1n) is 5.51. The molecule has 1 aliphatic rings. The molecule has 0 bridgehead atoms. The molecule has 3 N–H and O–H groups in total. The molecular weight excluding hydrogens is 286 g/mol. The van der Waals surface area contributed by atoms with Crippen LogP contribution in [0.5, 0.6) is 0 Å². The van der Waals surface area contributed by atoms with E-state index in [2.05, 4.69) is 9.82 Å². The summed E-state index contributed by atoms with van der Waals surface area (Å²) in [5, 5.41) is 5.21. The van der Waals surface area contributed by atoms with Crippen LogP contribution in [0.2, 0.25) is 0 Å². The minimum atomic E-state index is -3.70. The highest BCUT2D eigenvalue weighted by Gasteiger charge is 2.29. The first-order valence-corrected chi connectivity index (χ1v) is 7.94. The van der Waals surface area contributed by atoms with Gasteiger partial charge in [-0.05, 0) is 44.2 Å². The van der Waals surface area contributed by atoms with E-state index in [1.807, 2.05) is 23.7 Å². The van der Waals surface area contributed by atoms with Crippen molar-refractivity contribution < 1.29 is 8.42 Å². The maximum absolute atomic E-state index is 11.3. The molecule has 1 aliphatic heterocycles. The van der Waals surface area contributed by atoms with Crippen LogP contribution in [0, 0.1) is 0 Å². The highest BCUT2D eigenvalue weighted by atomic mass is 32.2. The van der Waals surface area contributed by atoms with E-state index < -0.39 is 10.0 Å². The Morgan fingerprint density at radius 1 is 1.47 bits per heavy atom. The smallest absolute Gasteiger partial charge is 0.238 e. The Labute approximate surface area is 114 Å². The molecule has 0 aliphatic carbocycles. The number of primary sulfonamides is 1. The molecule has 1 aromatic heterocycles. The predicted octanol–water partition coefficient (Wildman–Crippen LogP) is 0.449. The van der Waals surface area contributed by atoms with Crippen molar-refractivity contribution >= 4 is 33.0 Å². The number of benzene rings is 1. The van der Waals surface area contributed by atoms with Gasteiger partial charge in [0.2, 0.25) is 10.0 Å². The Morgan fingerprint density at radius 3 is 2.84 bits per heavy atom. The lowest BCUT2D eigenvalue weighted by molar-refractivity contribution is 0.383. The number of imidazole rings is 1. The molecule has 0 spiro atoms. The monoisotopic (exact) mass is 299 g/mol. The fourth-order valence-electron chi connectivity index (χ4n) is 2.01. The molecule has 2 heterocycles. The summed E-state index contributed by atoms with van der Waals surface area (Å²) in [5.74, 6) is 0.844. The van der Waals surface area contributed by atoms with Crippen LogP contribution >= 0.6 is 11.9 Å². The third-order valence-corrected chi connectivity index (χ3v) is 4.98. The fourth-order valence-corrected chi connectivity index (χ4v) is 3.41. The molecule has 19 heavy (non-hydrogen) atoms. The summed E-state index contributed by atoms with van der Waals surface area (Å²) in [6, 6.07) is 4.69. The summed E-state index contributed by atoms with van der Waals surface area (Å²) in [5.41, 5.74) is 1.44. The van der Waals surface area contributed by atoms with E-state index in [1.54, 1.807) is 18.0 Å². The fraction of sp³-hybridized carbons (Fsp3) is 0.300. The van der Waals surface area contributed by atoms with Crippen LogP contribution in [0.25, 0.3) is 11.0 Å². The van der Waals surface area contributed by atoms with Gasteiger partial charge in [0.15, 0.2) is 5.82 Å². The van der Waals surface area contributed by atoms with Crippen molar-refractivity contribution in [2.24, 2.45) is 5.14 Å². The molecule has 102 valence electrons. The molecule has 9 heteroatoms. The number of fused-ring (bicyclic) bond motifs is 3. The lowest BCUT2D eigenvalue weighted by atomic mass is 10.3. The SMILES string of the molecule is CN(C)C1SNn2c1nc1cc(S(N)(=O)=O)ccc12. The number of sulfonamides is 1. The number of hydrogen-bond donors (Lipinski definition) is 2. The van der Waals surface area contributed by atoms with E-state index in [-0.39, 0.29) is 10.3 Å². The first-order chi connectivity index (χ1) is 8.88. The van der Waals surface area contributed by atoms with Crippen LogP contribution in [-0.2, 0) is 10.0 Å². The van der Waals surface area contributed by atoms with Crippen molar-refractivity contribution in [3.63, 3.8) is 0 Å². The Bertz CT molecular complexity index is 753. The van der Waals surface area contributed by atoms with Crippen molar-refractivity contribution in [3.8, 4) is 0 Å². The summed E-state index contributed by atoms with van der Waals surface area (Å²) in [6.07, 6.45) is 0. The van der Waals surface area contributed by atoms with Gasteiger partial charge >= 0.3 is 0 Å². The van der Waals surface area contributed by atoms with Crippen LogP contribution in [0.1, 0.15) is 11.2 Å². The van der Waals surface area contributed by atoms with Crippen LogP contribution in [0.15, 0.2) is 23.1 Å². The summed E-state index contributed by atoms with van der Waals surface area (Å²) in [7, 11) is 0.223. The zero-order valence-electron chi connectivity index (χ0n) is 10.4. The van der Waals surface area contributed by atoms with Gasteiger partial charge in [0.05, 0.1) is 15.9 Å². The number of nitrogens with two attached hydrogens (primary N) is 1. The summed E-state index contributed by atoms with van der Waals surface area (Å²) in [4.78, 5) is 9.75. The average Bonchev–Trinajstić information content (AvgIpc) is 2.84. The molecule has 1 aromatic carbocycles. The van der Waals surface area contributed by atoms with E-state index in [0.717, 1.165) is 11.3 Å². The van der Waals surface area contributed by atoms with Crippen LogP contribution in [-0.4, -0.2) is 37.1 Å². The molecule has 2 aromatic rings. The molecule has 7 nitrogen and oxygen atoms in total. The van der Waals surface area contributed by atoms with E-state index >= 15 is 0 Å². The molecule has 3 rings (SSSR count). The third kappa shape index (κ3) is 1.98. The number of aromatic nitrogens is 2. The van der Waals surface area contributed by atoms with Gasteiger partial charge in [-0.1, -0.05) is 0 Å². The van der Waals surface area contributed by atoms with Crippen LogP contribution in [0.3, 0.4) is 0 Å². The largest absolute Gasteiger partial charge is 0.290 e. The highest BCUT2D eigenvalue weighted by molar-refractivity contribution is 8.00.